The van der Waals surface area contributed by atoms with Gasteiger partial charge >= 0.3 is 0 Å². The molecule has 0 aliphatic carbocycles. The molecule has 2 aromatic heterocycles. The summed E-state index contributed by atoms with van der Waals surface area (Å²) in [6.07, 6.45) is 1.62. The van der Waals surface area contributed by atoms with E-state index in [9.17, 15) is 4.79 Å². The third kappa shape index (κ3) is 5.36. The number of piperazine rings is 1. The lowest BCUT2D eigenvalue weighted by molar-refractivity contribution is 0.0740. The average molecular weight is 478 g/mol. The normalized spacial score (nSPS) is 13.9. The van der Waals surface area contributed by atoms with Crippen molar-refractivity contribution in [1.82, 2.24) is 19.9 Å². The maximum absolute atomic E-state index is 12.6. The summed E-state index contributed by atoms with van der Waals surface area (Å²) in [5, 5.41) is 4.73. The number of halogens is 3. The number of aromatic nitrogens is 3. The number of hydrogen-bond acceptors (Lipinski definition) is 6. The van der Waals surface area contributed by atoms with Crippen molar-refractivity contribution in [2.24, 2.45) is 0 Å². The Kier molecular flexibility index (Phi) is 6.75. The summed E-state index contributed by atoms with van der Waals surface area (Å²) in [7, 11) is 0. The van der Waals surface area contributed by atoms with E-state index in [2.05, 4.69) is 20.3 Å². The zero-order valence-electron chi connectivity index (χ0n) is 16.4. The first-order valence-corrected chi connectivity index (χ1v) is 10.8. The standard InChI is InChI=1S/C21H19Cl3N6O/c22-15-5-4-14(16(23)11-15)13-26-19-12-18(24)27-21(28-19)30-9-7-29(8-10-30)20(31)17-3-1-2-6-25-17/h1-6,11-12H,7-10,13H2,(H,26,27,28). The van der Waals surface area contributed by atoms with Gasteiger partial charge in [-0.3, -0.25) is 9.78 Å². The third-order valence-electron chi connectivity index (χ3n) is 4.89. The van der Waals surface area contributed by atoms with E-state index in [1.54, 1.807) is 41.4 Å². The van der Waals surface area contributed by atoms with Crippen LogP contribution in [0, 0.1) is 0 Å². The Labute approximate surface area is 195 Å². The van der Waals surface area contributed by atoms with E-state index in [0.29, 0.717) is 65.4 Å². The van der Waals surface area contributed by atoms with Crippen molar-refractivity contribution in [3.05, 3.63) is 75.1 Å². The lowest BCUT2D eigenvalue weighted by atomic mass is 10.2. The fourth-order valence-electron chi connectivity index (χ4n) is 3.25. The van der Waals surface area contributed by atoms with Gasteiger partial charge in [0.05, 0.1) is 0 Å². The maximum Gasteiger partial charge on any atom is 0.272 e. The van der Waals surface area contributed by atoms with Gasteiger partial charge in [0, 0.05) is 55.0 Å². The minimum atomic E-state index is -0.0746. The van der Waals surface area contributed by atoms with E-state index in [-0.39, 0.29) is 5.91 Å². The first-order chi connectivity index (χ1) is 15.0. The number of carbonyl (C=O) groups excluding carboxylic acids is 1. The molecule has 160 valence electrons. The second kappa shape index (κ2) is 9.68. The van der Waals surface area contributed by atoms with Crippen LogP contribution in [0.1, 0.15) is 16.1 Å². The Morgan fingerprint density at radius 1 is 1.00 bits per heavy atom. The quantitative estimate of drug-likeness (QED) is 0.549. The van der Waals surface area contributed by atoms with Gasteiger partial charge in [-0.1, -0.05) is 46.9 Å². The van der Waals surface area contributed by atoms with Crippen LogP contribution < -0.4 is 10.2 Å². The number of nitrogens with zero attached hydrogens (tertiary/aromatic N) is 5. The molecular weight excluding hydrogens is 459 g/mol. The lowest BCUT2D eigenvalue weighted by Crippen LogP contribution is -2.49. The Balaban J connectivity index is 1.40. The Hall–Kier alpha value is -2.61. The minimum Gasteiger partial charge on any atom is -0.366 e. The molecule has 4 rings (SSSR count). The van der Waals surface area contributed by atoms with Gasteiger partial charge in [0.2, 0.25) is 5.95 Å². The summed E-state index contributed by atoms with van der Waals surface area (Å²) in [5.74, 6) is 1.03. The molecule has 1 aromatic carbocycles. The minimum absolute atomic E-state index is 0.0746. The molecule has 0 saturated carbocycles. The summed E-state index contributed by atoms with van der Waals surface area (Å²) in [4.78, 5) is 29.4. The molecule has 1 amide bonds. The number of pyridine rings is 1. The van der Waals surface area contributed by atoms with E-state index < -0.39 is 0 Å². The molecule has 3 aromatic rings. The van der Waals surface area contributed by atoms with Gasteiger partial charge in [-0.15, -0.1) is 0 Å². The largest absolute Gasteiger partial charge is 0.366 e. The number of amides is 1. The van der Waals surface area contributed by atoms with Gasteiger partial charge in [-0.25, -0.2) is 4.98 Å². The SMILES string of the molecule is O=C(c1ccccn1)N1CCN(c2nc(Cl)cc(NCc3ccc(Cl)cc3Cl)n2)CC1. The summed E-state index contributed by atoms with van der Waals surface area (Å²) in [6.45, 7) is 2.76. The van der Waals surface area contributed by atoms with Gasteiger partial charge in [-0.2, -0.15) is 4.98 Å². The highest BCUT2D eigenvalue weighted by atomic mass is 35.5. The number of rotatable bonds is 5. The lowest BCUT2D eigenvalue weighted by Gasteiger charge is -2.34. The maximum atomic E-state index is 12.6. The summed E-state index contributed by atoms with van der Waals surface area (Å²) >= 11 is 18.4. The average Bonchev–Trinajstić information content (AvgIpc) is 2.78. The molecule has 1 aliphatic heterocycles. The Morgan fingerprint density at radius 3 is 2.52 bits per heavy atom. The van der Waals surface area contributed by atoms with Crippen LogP contribution in [0.25, 0.3) is 0 Å². The van der Waals surface area contributed by atoms with Gasteiger partial charge < -0.3 is 15.1 Å². The highest BCUT2D eigenvalue weighted by Crippen LogP contribution is 2.23. The van der Waals surface area contributed by atoms with Crippen LogP contribution >= 0.6 is 34.8 Å². The molecule has 1 aliphatic rings. The fraction of sp³-hybridized carbons (Fsp3) is 0.238. The highest BCUT2D eigenvalue weighted by Gasteiger charge is 2.24. The van der Waals surface area contributed by atoms with Crippen molar-refractivity contribution in [3.8, 4) is 0 Å². The first-order valence-electron chi connectivity index (χ1n) is 9.67. The molecule has 1 saturated heterocycles. The van der Waals surface area contributed by atoms with E-state index in [4.69, 9.17) is 34.8 Å². The molecule has 0 bridgehead atoms. The van der Waals surface area contributed by atoms with Crippen LogP contribution in [0.3, 0.4) is 0 Å². The van der Waals surface area contributed by atoms with Crippen LogP contribution in [0.4, 0.5) is 11.8 Å². The van der Waals surface area contributed by atoms with Gasteiger partial charge in [0.1, 0.15) is 16.7 Å². The predicted octanol–water partition coefficient (Wildman–Crippen LogP) is 4.41. The van der Waals surface area contributed by atoms with Gasteiger partial charge in [0.15, 0.2) is 0 Å². The Morgan fingerprint density at radius 2 is 1.81 bits per heavy atom. The molecule has 7 nitrogen and oxygen atoms in total. The number of anilines is 2. The van der Waals surface area contributed by atoms with Crippen LogP contribution in [-0.2, 0) is 6.54 Å². The number of hydrogen-bond donors (Lipinski definition) is 1. The van der Waals surface area contributed by atoms with Crippen molar-refractivity contribution >= 4 is 52.5 Å². The van der Waals surface area contributed by atoms with Crippen LogP contribution in [0.5, 0.6) is 0 Å². The highest BCUT2D eigenvalue weighted by molar-refractivity contribution is 6.35. The smallest absolute Gasteiger partial charge is 0.272 e. The Bertz CT molecular complexity index is 1070. The van der Waals surface area contributed by atoms with E-state index in [1.165, 1.54) is 0 Å². The van der Waals surface area contributed by atoms with Crippen molar-refractivity contribution in [2.75, 3.05) is 36.4 Å². The van der Waals surface area contributed by atoms with Crippen molar-refractivity contribution in [2.45, 2.75) is 6.54 Å². The molecule has 31 heavy (non-hydrogen) atoms. The number of nitrogens with one attached hydrogen (secondary N) is 1. The first kappa shape index (κ1) is 21.6. The molecule has 0 spiro atoms. The zero-order valence-corrected chi connectivity index (χ0v) is 18.7. The van der Waals surface area contributed by atoms with Crippen LogP contribution in [0.15, 0.2) is 48.7 Å². The van der Waals surface area contributed by atoms with Gasteiger partial charge in [-0.05, 0) is 29.8 Å². The molecule has 0 atom stereocenters. The topological polar surface area (TPSA) is 74.2 Å². The fourth-order valence-corrected chi connectivity index (χ4v) is 3.90. The van der Waals surface area contributed by atoms with Crippen LogP contribution in [0.2, 0.25) is 15.2 Å². The molecule has 1 N–H and O–H groups in total. The third-order valence-corrected chi connectivity index (χ3v) is 5.67. The molecule has 3 heterocycles. The predicted molar refractivity (Wildman–Crippen MR) is 123 cm³/mol. The van der Waals surface area contributed by atoms with E-state index in [1.807, 2.05) is 17.0 Å². The summed E-state index contributed by atoms with van der Waals surface area (Å²) in [5.41, 5.74) is 1.34. The number of benzene rings is 1. The van der Waals surface area contributed by atoms with Crippen molar-refractivity contribution < 1.29 is 4.79 Å². The van der Waals surface area contributed by atoms with E-state index >= 15 is 0 Å². The van der Waals surface area contributed by atoms with Crippen LogP contribution in [-0.4, -0.2) is 51.9 Å². The second-order valence-corrected chi connectivity index (χ2v) is 8.19. The number of carbonyl (C=O) groups is 1. The summed E-state index contributed by atoms with van der Waals surface area (Å²) in [6, 6.07) is 12.3. The monoisotopic (exact) mass is 476 g/mol. The molecule has 1 fully saturated rings. The van der Waals surface area contributed by atoms with Gasteiger partial charge in [0.25, 0.3) is 5.91 Å². The summed E-state index contributed by atoms with van der Waals surface area (Å²) < 4.78 is 0. The molecule has 0 radical (unpaired) electrons. The second-order valence-electron chi connectivity index (χ2n) is 6.96. The van der Waals surface area contributed by atoms with E-state index in [0.717, 1.165) is 5.56 Å². The molecule has 0 unspecified atom stereocenters. The molecular formula is C21H19Cl3N6O. The molecule has 10 heteroatoms. The zero-order chi connectivity index (χ0) is 21.8. The van der Waals surface area contributed by atoms with Crippen molar-refractivity contribution in [3.63, 3.8) is 0 Å². The van der Waals surface area contributed by atoms with Crippen molar-refractivity contribution in [1.29, 1.82) is 0 Å².